The lowest BCUT2D eigenvalue weighted by Gasteiger charge is -2.32. The lowest BCUT2D eigenvalue weighted by Crippen LogP contribution is -2.33. The summed E-state index contributed by atoms with van der Waals surface area (Å²) in [6.07, 6.45) is 4.66. The number of anilines is 1. The highest BCUT2D eigenvalue weighted by Gasteiger charge is 2.37. The molecule has 0 aromatic heterocycles. The number of nitrogens with zero attached hydrogens (tertiary/aromatic N) is 2. The van der Waals surface area contributed by atoms with Crippen molar-refractivity contribution >= 4 is 21.8 Å². The zero-order valence-corrected chi connectivity index (χ0v) is 15.6. The fraction of sp³-hybridized carbons (Fsp3) is 0.588. The van der Waals surface area contributed by atoms with Crippen LogP contribution in [0.2, 0.25) is 0 Å². The van der Waals surface area contributed by atoms with Gasteiger partial charge in [-0.25, -0.2) is 13.4 Å². The summed E-state index contributed by atoms with van der Waals surface area (Å²) < 4.78 is 40.7. The van der Waals surface area contributed by atoms with Gasteiger partial charge in [0, 0.05) is 13.1 Å². The number of nitrogens with one attached hydrogen (secondary N) is 1. The maximum atomic E-state index is 14.6. The third-order valence-corrected chi connectivity index (χ3v) is 6.24. The van der Waals surface area contributed by atoms with Crippen molar-refractivity contribution in [2.45, 2.75) is 39.2 Å². The van der Waals surface area contributed by atoms with Crippen LogP contribution in [0.1, 0.15) is 38.2 Å². The Morgan fingerprint density at radius 3 is 2.62 bits per heavy atom. The Hall–Kier alpha value is -1.87. The third kappa shape index (κ3) is 3.93. The van der Waals surface area contributed by atoms with E-state index in [4.69, 9.17) is 0 Å². The number of benzene rings is 1. The number of carbonyl (C=O) groups is 1. The fourth-order valence-electron chi connectivity index (χ4n) is 3.47. The molecule has 1 aromatic rings. The molecule has 1 amide bonds. The molecule has 7 nitrogen and oxygen atoms in total. The highest BCUT2D eigenvalue weighted by molar-refractivity contribution is 7.92. The number of hydrogen-bond acceptors (Lipinski definition) is 5. The Bertz CT molecular complexity index is 772. The van der Waals surface area contributed by atoms with Gasteiger partial charge in [-0.2, -0.15) is 8.42 Å². The molecule has 1 aliphatic carbocycles. The molecule has 3 rings (SSSR count). The van der Waals surface area contributed by atoms with Crippen molar-refractivity contribution < 1.29 is 22.7 Å². The van der Waals surface area contributed by atoms with Gasteiger partial charge in [0.05, 0.1) is 0 Å². The second-order valence-corrected chi connectivity index (χ2v) is 8.61. The van der Waals surface area contributed by atoms with Crippen molar-refractivity contribution in [2.24, 2.45) is 5.92 Å². The molecular weight excluding hydrogens is 361 g/mol. The second-order valence-electron chi connectivity index (χ2n) is 7.01. The molecule has 2 fully saturated rings. The predicted molar refractivity (Wildman–Crippen MR) is 95.4 cm³/mol. The van der Waals surface area contributed by atoms with Gasteiger partial charge < -0.3 is 5.11 Å². The summed E-state index contributed by atoms with van der Waals surface area (Å²) in [4.78, 5) is 13.6. The number of hydrogen-bond donors (Lipinski definition) is 2. The van der Waals surface area contributed by atoms with Crippen LogP contribution in [-0.4, -0.2) is 44.0 Å². The Kier molecular flexibility index (Phi) is 5.38. The maximum absolute atomic E-state index is 14.6. The number of carbonyl (C=O) groups excluding carboxylic acids is 1. The number of halogens is 1. The zero-order chi connectivity index (χ0) is 18.9. The van der Waals surface area contributed by atoms with E-state index >= 15 is 0 Å². The molecular formula is C17H24FN3O4S. The lowest BCUT2D eigenvalue weighted by molar-refractivity contribution is -0.117. The highest BCUT2D eigenvalue weighted by atomic mass is 32.2. The molecule has 1 saturated heterocycles. The molecule has 1 heterocycles. The quantitative estimate of drug-likeness (QED) is 0.746. The Labute approximate surface area is 153 Å². The molecule has 2 aliphatic rings. The van der Waals surface area contributed by atoms with Gasteiger partial charge in [-0.1, -0.05) is 13.3 Å². The summed E-state index contributed by atoms with van der Waals surface area (Å²) in [6, 6.07) is 2.61. The van der Waals surface area contributed by atoms with Gasteiger partial charge in [0.25, 0.3) is 5.91 Å². The molecule has 0 unspecified atom stereocenters. The van der Waals surface area contributed by atoms with Crippen molar-refractivity contribution in [1.29, 1.82) is 0 Å². The first-order valence-corrected chi connectivity index (χ1v) is 10.3. The van der Waals surface area contributed by atoms with Crippen LogP contribution in [0, 0.1) is 11.7 Å². The molecule has 9 heteroatoms. The van der Waals surface area contributed by atoms with Crippen molar-refractivity contribution in [1.82, 2.24) is 9.62 Å². The van der Waals surface area contributed by atoms with Crippen LogP contribution in [0.25, 0.3) is 0 Å². The molecule has 0 bridgehead atoms. The SMILES string of the molecule is CCCN(Cc1cc(O)c(N2CC(=O)NS2(=O)=O)c(F)c1)CC1CCC1. The molecule has 0 atom stereocenters. The van der Waals surface area contributed by atoms with Gasteiger partial charge >= 0.3 is 10.2 Å². The van der Waals surface area contributed by atoms with Crippen molar-refractivity contribution in [2.75, 3.05) is 23.9 Å². The minimum absolute atomic E-state index is 0.485. The number of rotatable bonds is 7. The molecule has 1 aliphatic heterocycles. The average molecular weight is 385 g/mol. The van der Waals surface area contributed by atoms with E-state index in [9.17, 15) is 22.7 Å². The van der Waals surface area contributed by atoms with Crippen molar-refractivity contribution in [3.63, 3.8) is 0 Å². The highest BCUT2D eigenvalue weighted by Crippen LogP contribution is 2.35. The minimum atomic E-state index is -4.17. The summed E-state index contributed by atoms with van der Waals surface area (Å²) >= 11 is 0. The molecule has 0 radical (unpaired) electrons. The van der Waals surface area contributed by atoms with E-state index in [0.29, 0.717) is 22.3 Å². The summed E-state index contributed by atoms with van der Waals surface area (Å²) in [5.74, 6) is -1.44. The van der Waals surface area contributed by atoms with E-state index in [1.807, 2.05) is 0 Å². The molecule has 144 valence electrons. The maximum Gasteiger partial charge on any atom is 0.326 e. The molecule has 1 saturated carbocycles. The normalized spacial score (nSPS) is 19.7. The van der Waals surface area contributed by atoms with Gasteiger partial charge in [0.2, 0.25) is 0 Å². The second kappa shape index (κ2) is 7.40. The molecule has 1 aromatic carbocycles. The van der Waals surface area contributed by atoms with Crippen molar-refractivity contribution in [3.8, 4) is 5.75 Å². The first-order valence-electron chi connectivity index (χ1n) is 8.87. The van der Waals surface area contributed by atoms with Gasteiger partial charge in [0.15, 0.2) is 5.82 Å². The first kappa shape index (κ1) is 18.9. The van der Waals surface area contributed by atoms with Crippen LogP contribution < -0.4 is 9.03 Å². The average Bonchev–Trinajstić information content (AvgIpc) is 2.75. The number of aromatic hydroxyl groups is 1. The Morgan fingerprint density at radius 1 is 1.38 bits per heavy atom. The monoisotopic (exact) mass is 385 g/mol. The number of amides is 1. The standard InChI is InChI=1S/C17H24FN3O4S/c1-2-6-20(9-12-4-3-5-12)10-13-7-14(18)17(15(22)8-13)21-11-16(23)19-26(21,24)25/h7-8,12,22H,2-6,9-11H2,1H3,(H,19,23). The van der Waals surface area contributed by atoms with Gasteiger partial charge in [-0.3, -0.25) is 9.69 Å². The van der Waals surface area contributed by atoms with E-state index in [1.54, 1.807) is 4.72 Å². The molecule has 0 spiro atoms. The van der Waals surface area contributed by atoms with Gasteiger partial charge in [-0.05, 0) is 49.4 Å². The summed E-state index contributed by atoms with van der Waals surface area (Å²) in [5, 5.41) is 10.2. The minimum Gasteiger partial charge on any atom is -0.506 e. The van der Waals surface area contributed by atoms with Crippen LogP contribution in [0.15, 0.2) is 12.1 Å². The van der Waals surface area contributed by atoms with Gasteiger partial charge in [-0.15, -0.1) is 0 Å². The van der Waals surface area contributed by atoms with E-state index in [2.05, 4.69) is 11.8 Å². The first-order chi connectivity index (χ1) is 12.3. The molecule has 26 heavy (non-hydrogen) atoms. The van der Waals surface area contributed by atoms with E-state index < -0.39 is 39.9 Å². The van der Waals surface area contributed by atoms with Crippen LogP contribution in [0.3, 0.4) is 0 Å². The predicted octanol–water partition coefficient (Wildman–Crippen LogP) is 1.72. The van der Waals surface area contributed by atoms with E-state index in [1.165, 1.54) is 31.4 Å². The lowest BCUT2D eigenvalue weighted by atomic mass is 9.85. The smallest absolute Gasteiger partial charge is 0.326 e. The van der Waals surface area contributed by atoms with E-state index in [-0.39, 0.29) is 0 Å². The van der Waals surface area contributed by atoms with Crippen molar-refractivity contribution in [3.05, 3.63) is 23.5 Å². The van der Waals surface area contributed by atoms with Crippen LogP contribution in [0.5, 0.6) is 5.75 Å². The Balaban J connectivity index is 1.81. The van der Waals surface area contributed by atoms with Crippen LogP contribution in [-0.2, 0) is 21.5 Å². The molecule has 2 N–H and O–H groups in total. The fourth-order valence-corrected chi connectivity index (χ4v) is 4.64. The van der Waals surface area contributed by atoms with E-state index in [0.717, 1.165) is 19.5 Å². The number of phenols is 1. The van der Waals surface area contributed by atoms with Crippen LogP contribution in [0.4, 0.5) is 10.1 Å². The summed E-state index contributed by atoms with van der Waals surface area (Å²) in [6.45, 7) is 3.84. The summed E-state index contributed by atoms with van der Waals surface area (Å²) in [7, 11) is -4.17. The topological polar surface area (TPSA) is 89.9 Å². The zero-order valence-electron chi connectivity index (χ0n) is 14.7. The Morgan fingerprint density at radius 2 is 2.12 bits per heavy atom. The van der Waals surface area contributed by atoms with Gasteiger partial charge in [0.1, 0.15) is 18.0 Å². The largest absolute Gasteiger partial charge is 0.506 e. The number of phenolic OH excluding ortho intramolecular Hbond substituents is 1. The third-order valence-electron chi connectivity index (χ3n) is 4.86. The summed E-state index contributed by atoms with van der Waals surface area (Å²) in [5.41, 5.74) is 0.0838. The van der Waals surface area contributed by atoms with Crippen LogP contribution >= 0.6 is 0 Å².